The molecule has 1 aliphatic rings. The summed E-state index contributed by atoms with van der Waals surface area (Å²) >= 11 is 0. The van der Waals surface area contributed by atoms with Gasteiger partial charge in [0.1, 0.15) is 0 Å². The zero-order valence-electron chi connectivity index (χ0n) is 13.4. The molecule has 0 aromatic carbocycles. The number of aliphatic imine (C=N–C) groups is 1. The minimum atomic E-state index is 0.698. The first-order valence-electron chi connectivity index (χ1n) is 8.07. The van der Waals surface area contributed by atoms with E-state index in [0.29, 0.717) is 5.92 Å². The smallest absolute Gasteiger partial charge is 0.191 e. The van der Waals surface area contributed by atoms with Crippen molar-refractivity contribution in [2.24, 2.45) is 10.9 Å². The maximum absolute atomic E-state index is 5.32. The lowest BCUT2D eigenvalue weighted by Gasteiger charge is -2.16. The van der Waals surface area contributed by atoms with Crippen molar-refractivity contribution in [2.75, 3.05) is 32.8 Å². The van der Waals surface area contributed by atoms with Crippen molar-refractivity contribution in [3.05, 3.63) is 11.6 Å². The molecule has 2 N–H and O–H groups in total. The van der Waals surface area contributed by atoms with Crippen molar-refractivity contribution in [3.8, 4) is 0 Å². The van der Waals surface area contributed by atoms with Crippen LogP contribution in [0.5, 0.6) is 0 Å². The summed E-state index contributed by atoms with van der Waals surface area (Å²) in [5.74, 6) is 1.65. The van der Waals surface area contributed by atoms with E-state index in [2.05, 4.69) is 42.5 Å². The molecule has 0 atom stereocenters. The molecule has 0 spiro atoms. The molecular weight excluding hydrogens is 250 g/mol. The Balaban J connectivity index is 2.33. The van der Waals surface area contributed by atoms with E-state index in [9.17, 15) is 0 Å². The number of nitrogens with one attached hydrogen (secondary N) is 2. The van der Waals surface area contributed by atoms with Gasteiger partial charge in [0.2, 0.25) is 0 Å². The highest BCUT2D eigenvalue weighted by molar-refractivity contribution is 5.79. The normalized spacial score (nSPS) is 16.2. The Morgan fingerprint density at radius 1 is 1.30 bits per heavy atom. The summed E-state index contributed by atoms with van der Waals surface area (Å²) in [4.78, 5) is 4.69. The van der Waals surface area contributed by atoms with Crippen molar-refractivity contribution < 1.29 is 4.74 Å². The molecule has 1 aliphatic heterocycles. The van der Waals surface area contributed by atoms with Gasteiger partial charge in [-0.1, -0.05) is 38.3 Å². The predicted molar refractivity (Wildman–Crippen MR) is 86.2 cm³/mol. The van der Waals surface area contributed by atoms with Crippen molar-refractivity contribution in [1.82, 2.24) is 10.6 Å². The molecule has 0 amide bonds. The summed E-state index contributed by atoms with van der Waals surface area (Å²) in [6.45, 7) is 11.0. The molecule has 4 nitrogen and oxygen atoms in total. The molecule has 1 heterocycles. The summed E-state index contributed by atoms with van der Waals surface area (Å²) in [6, 6.07) is 0. The lowest BCUT2D eigenvalue weighted by Crippen LogP contribution is -2.38. The van der Waals surface area contributed by atoms with E-state index in [4.69, 9.17) is 4.74 Å². The van der Waals surface area contributed by atoms with Gasteiger partial charge in [-0.05, 0) is 25.7 Å². The highest BCUT2D eigenvalue weighted by atomic mass is 16.5. The van der Waals surface area contributed by atoms with Gasteiger partial charge < -0.3 is 15.4 Å². The fourth-order valence-corrected chi connectivity index (χ4v) is 2.24. The first-order valence-corrected chi connectivity index (χ1v) is 8.07. The van der Waals surface area contributed by atoms with E-state index >= 15 is 0 Å². The second kappa shape index (κ2) is 10.7. The maximum atomic E-state index is 5.32. The molecule has 0 saturated carbocycles. The minimum absolute atomic E-state index is 0.698. The summed E-state index contributed by atoms with van der Waals surface area (Å²) in [5.41, 5.74) is 1.50. The quantitative estimate of drug-likeness (QED) is 0.408. The minimum Gasteiger partial charge on any atom is -0.377 e. The van der Waals surface area contributed by atoms with Gasteiger partial charge in [-0.2, -0.15) is 0 Å². The topological polar surface area (TPSA) is 45.7 Å². The zero-order valence-corrected chi connectivity index (χ0v) is 13.4. The van der Waals surface area contributed by atoms with Gasteiger partial charge in [0, 0.05) is 19.6 Å². The van der Waals surface area contributed by atoms with Crippen molar-refractivity contribution in [2.45, 2.75) is 46.5 Å². The number of hydrogen-bond donors (Lipinski definition) is 2. The van der Waals surface area contributed by atoms with Crippen LogP contribution in [0.25, 0.3) is 0 Å². The monoisotopic (exact) mass is 281 g/mol. The van der Waals surface area contributed by atoms with Gasteiger partial charge >= 0.3 is 0 Å². The Hall–Kier alpha value is -1.03. The summed E-state index contributed by atoms with van der Waals surface area (Å²) in [7, 11) is 0. The van der Waals surface area contributed by atoms with Gasteiger partial charge in [0.05, 0.1) is 13.2 Å². The Morgan fingerprint density at radius 3 is 2.70 bits per heavy atom. The van der Waals surface area contributed by atoms with Crippen LogP contribution in [-0.4, -0.2) is 38.8 Å². The van der Waals surface area contributed by atoms with Crippen LogP contribution in [0.1, 0.15) is 46.5 Å². The average Bonchev–Trinajstić information content (AvgIpc) is 2.49. The van der Waals surface area contributed by atoms with Crippen LogP contribution in [0, 0.1) is 5.92 Å². The molecule has 0 aromatic rings. The third kappa shape index (κ3) is 6.94. The molecule has 0 fully saturated rings. The Labute approximate surface area is 124 Å². The van der Waals surface area contributed by atoms with E-state index in [1.807, 2.05) is 0 Å². The van der Waals surface area contributed by atoms with Crippen molar-refractivity contribution in [3.63, 3.8) is 0 Å². The summed E-state index contributed by atoms with van der Waals surface area (Å²) in [5, 5.41) is 6.75. The van der Waals surface area contributed by atoms with Crippen LogP contribution in [0.4, 0.5) is 0 Å². The molecule has 4 heteroatoms. The van der Waals surface area contributed by atoms with Gasteiger partial charge in [0.25, 0.3) is 0 Å². The number of ether oxygens (including phenoxy) is 1. The first-order chi connectivity index (χ1) is 9.80. The maximum Gasteiger partial charge on any atom is 0.191 e. The molecule has 0 unspecified atom stereocenters. The van der Waals surface area contributed by atoms with Crippen molar-refractivity contribution in [1.29, 1.82) is 0 Å². The lowest BCUT2D eigenvalue weighted by molar-refractivity contribution is 0.153. The van der Waals surface area contributed by atoms with Gasteiger partial charge in [-0.3, -0.25) is 4.99 Å². The molecule has 20 heavy (non-hydrogen) atoms. The Morgan fingerprint density at radius 2 is 2.10 bits per heavy atom. The van der Waals surface area contributed by atoms with E-state index in [0.717, 1.165) is 51.6 Å². The Bertz CT molecular complexity index is 309. The van der Waals surface area contributed by atoms with E-state index in [1.54, 1.807) is 0 Å². The highest BCUT2D eigenvalue weighted by Crippen LogP contribution is 2.10. The predicted octanol–water partition coefficient (Wildman–Crippen LogP) is 2.71. The van der Waals surface area contributed by atoms with Gasteiger partial charge in [-0.25, -0.2) is 0 Å². The molecular formula is C16H31N3O. The number of nitrogens with zero attached hydrogens (tertiary/aromatic N) is 1. The molecule has 116 valence electrons. The van der Waals surface area contributed by atoms with E-state index in [-0.39, 0.29) is 0 Å². The Kier molecular flexibility index (Phi) is 9.13. The largest absolute Gasteiger partial charge is 0.377 e. The number of hydrogen-bond acceptors (Lipinski definition) is 2. The summed E-state index contributed by atoms with van der Waals surface area (Å²) in [6.07, 6.45) is 6.76. The third-order valence-electron chi connectivity index (χ3n) is 3.80. The van der Waals surface area contributed by atoms with Crippen molar-refractivity contribution >= 4 is 5.96 Å². The molecule has 1 rings (SSSR count). The second-order valence-electron chi connectivity index (χ2n) is 5.27. The molecule has 0 saturated heterocycles. The fourth-order valence-electron chi connectivity index (χ4n) is 2.24. The number of guanidine groups is 1. The zero-order chi connectivity index (χ0) is 14.6. The standard InChI is InChI=1S/C16H31N3O/c1-4-14(5-2)13-19-16(17-6-3)18-10-7-15-8-11-20-12-9-15/h8,14H,4-7,9-13H2,1-3H3,(H2,17,18,19). The summed E-state index contributed by atoms with van der Waals surface area (Å²) < 4.78 is 5.32. The van der Waals surface area contributed by atoms with Crippen LogP contribution in [0.15, 0.2) is 16.6 Å². The fraction of sp³-hybridized carbons (Fsp3) is 0.812. The van der Waals surface area contributed by atoms with Crippen LogP contribution in [0.2, 0.25) is 0 Å². The molecule has 0 aliphatic carbocycles. The van der Waals surface area contributed by atoms with Crippen LogP contribution in [-0.2, 0) is 4.74 Å². The second-order valence-corrected chi connectivity index (χ2v) is 5.27. The lowest BCUT2D eigenvalue weighted by atomic mass is 10.0. The molecule has 0 radical (unpaired) electrons. The van der Waals surface area contributed by atoms with Crippen LogP contribution >= 0.6 is 0 Å². The number of rotatable bonds is 8. The van der Waals surface area contributed by atoms with E-state index < -0.39 is 0 Å². The average molecular weight is 281 g/mol. The SMILES string of the molecule is CCNC(=NCC(CC)CC)NCCC1=CCOCC1. The van der Waals surface area contributed by atoms with Crippen LogP contribution < -0.4 is 10.6 Å². The van der Waals surface area contributed by atoms with Crippen LogP contribution in [0.3, 0.4) is 0 Å². The molecule has 0 bridgehead atoms. The third-order valence-corrected chi connectivity index (χ3v) is 3.80. The molecule has 0 aromatic heterocycles. The van der Waals surface area contributed by atoms with E-state index in [1.165, 1.54) is 18.4 Å². The van der Waals surface area contributed by atoms with Gasteiger partial charge in [0.15, 0.2) is 5.96 Å². The highest BCUT2D eigenvalue weighted by Gasteiger charge is 2.05. The first kappa shape index (κ1) is 17.0. The van der Waals surface area contributed by atoms with Gasteiger partial charge in [-0.15, -0.1) is 0 Å².